The van der Waals surface area contributed by atoms with Crippen molar-refractivity contribution in [2.75, 3.05) is 20.2 Å². The average Bonchev–Trinajstić information content (AvgIpc) is 3.10. The van der Waals surface area contributed by atoms with Gasteiger partial charge in [0.1, 0.15) is 0 Å². The lowest BCUT2D eigenvalue weighted by Crippen LogP contribution is -2.53. The van der Waals surface area contributed by atoms with E-state index in [4.69, 9.17) is 4.74 Å². The number of benzene rings is 2. The van der Waals surface area contributed by atoms with Crippen molar-refractivity contribution in [2.45, 2.75) is 36.2 Å². The Balaban J connectivity index is 2.05. The minimum Gasteiger partial charge on any atom is -0.453 e. The van der Waals surface area contributed by atoms with Crippen molar-refractivity contribution in [1.82, 2.24) is 4.90 Å². The Morgan fingerprint density at radius 1 is 1.00 bits per heavy atom. The van der Waals surface area contributed by atoms with Gasteiger partial charge in [0, 0.05) is 30.0 Å². The molecule has 1 N–H and O–H groups in total. The smallest absolute Gasteiger partial charge is 0.430 e. The lowest BCUT2D eigenvalue weighted by Gasteiger charge is -2.34. The van der Waals surface area contributed by atoms with Gasteiger partial charge in [-0.15, -0.1) is 0 Å². The highest BCUT2D eigenvalue weighted by atomic mass is 19.4. The van der Waals surface area contributed by atoms with Crippen molar-refractivity contribution in [3.8, 4) is 0 Å². The Hall–Kier alpha value is -2.75. The second kappa shape index (κ2) is 7.99. The summed E-state index contributed by atoms with van der Waals surface area (Å²) in [6, 6.07) is 12.6. The number of likely N-dealkylation sites (tertiary alicyclic amines) is 1. The molecule has 1 aliphatic rings. The third-order valence-electron chi connectivity index (χ3n) is 6.11. The first-order valence-electron chi connectivity index (χ1n) is 9.60. The molecular formula is C22H21F6NO3. The van der Waals surface area contributed by atoms with Crippen LogP contribution in [0.1, 0.15) is 29.5 Å². The number of alkyl halides is 6. The van der Waals surface area contributed by atoms with E-state index in [0.29, 0.717) is 17.7 Å². The summed E-state index contributed by atoms with van der Waals surface area (Å²) in [7, 11) is 1.22. The Morgan fingerprint density at radius 2 is 1.53 bits per heavy atom. The molecule has 0 unspecified atom stereocenters. The summed E-state index contributed by atoms with van der Waals surface area (Å²) in [5.41, 5.74) is -5.72. The number of carbonyl (C=O) groups excluding carboxylic acids is 1. The van der Waals surface area contributed by atoms with Crippen molar-refractivity contribution >= 4 is 6.09 Å². The van der Waals surface area contributed by atoms with E-state index in [1.807, 2.05) is 19.1 Å². The van der Waals surface area contributed by atoms with Crippen molar-refractivity contribution < 1.29 is 41.0 Å². The Labute approximate surface area is 180 Å². The van der Waals surface area contributed by atoms with Crippen LogP contribution < -0.4 is 0 Å². The molecule has 2 atom stereocenters. The zero-order valence-corrected chi connectivity index (χ0v) is 17.2. The number of nitrogens with zero attached hydrogens (tertiary/aromatic N) is 1. The third-order valence-corrected chi connectivity index (χ3v) is 6.11. The molecule has 0 saturated carbocycles. The topological polar surface area (TPSA) is 49.8 Å². The largest absolute Gasteiger partial charge is 0.453 e. The molecule has 2 aromatic rings. The van der Waals surface area contributed by atoms with Gasteiger partial charge >= 0.3 is 18.4 Å². The fraction of sp³-hybridized carbons (Fsp3) is 0.409. The van der Waals surface area contributed by atoms with Gasteiger partial charge in [0.2, 0.25) is 0 Å². The first kappa shape index (κ1) is 23.9. The maximum Gasteiger partial charge on any atom is 0.430 e. The van der Waals surface area contributed by atoms with Gasteiger partial charge in [-0.1, -0.05) is 61.5 Å². The summed E-state index contributed by atoms with van der Waals surface area (Å²) in [5, 5.41) is 9.62. The van der Waals surface area contributed by atoms with E-state index in [1.54, 1.807) is 18.2 Å². The highest BCUT2D eigenvalue weighted by Gasteiger charge is 2.71. The van der Waals surface area contributed by atoms with Crippen molar-refractivity contribution in [1.29, 1.82) is 0 Å². The summed E-state index contributed by atoms with van der Waals surface area (Å²) >= 11 is 0. The fourth-order valence-corrected chi connectivity index (χ4v) is 4.29. The van der Waals surface area contributed by atoms with Gasteiger partial charge in [-0.2, -0.15) is 26.3 Å². The van der Waals surface area contributed by atoms with Crippen LogP contribution in [0.3, 0.4) is 0 Å². The number of aliphatic hydroxyl groups is 1. The van der Waals surface area contributed by atoms with Gasteiger partial charge in [-0.25, -0.2) is 4.79 Å². The molecule has 0 aliphatic carbocycles. The van der Waals surface area contributed by atoms with Crippen LogP contribution in [0.5, 0.6) is 0 Å². The van der Waals surface area contributed by atoms with Crippen molar-refractivity contribution in [3.63, 3.8) is 0 Å². The number of ether oxygens (including phenoxy) is 1. The fourth-order valence-electron chi connectivity index (χ4n) is 4.29. The minimum atomic E-state index is -5.96. The van der Waals surface area contributed by atoms with E-state index in [2.05, 4.69) is 0 Å². The van der Waals surface area contributed by atoms with Crippen LogP contribution in [0.15, 0.2) is 54.6 Å². The number of halogens is 6. The molecule has 10 heteroatoms. The summed E-state index contributed by atoms with van der Waals surface area (Å²) < 4.78 is 83.9. The summed E-state index contributed by atoms with van der Waals surface area (Å²) in [4.78, 5) is 13.6. The van der Waals surface area contributed by atoms with Crippen molar-refractivity contribution in [3.05, 3.63) is 71.3 Å². The van der Waals surface area contributed by atoms with Crippen LogP contribution in [0, 0.1) is 0 Å². The normalized spacial score (nSPS) is 22.2. The maximum absolute atomic E-state index is 13.2. The molecule has 1 heterocycles. The number of hydrogen-bond acceptors (Lipinski definition) is 3. The molecule has 1 amide bonds. The molecule has 2 aromatic carbocycles. The number of carbonyl (C=O) groups is 1. The zero-order valence-electron chi connectivity index (χ0n) is 17.2. The van der Waals surface area contributed by atoms with Crippen LogP contribution >= 0.6 is 0 Å². The third kappa shape index (κ3) is 3.80. The molecule has 1 aliphatic heterocycles. The molecule has 4 nitrogen and oxygen atoms in total. The van der Waals surface area contributed by atoms with Gasteiger partial charge in [0.05, 0.1) is 7.11 Å². The maximum atomic E-state index is 13.2. The molecule has 0 spiro atoms. The van der Waals surface area contributed by atoms with E-state index in [9.17, 15) is 36.2 Å². The van der Waals surface area contributed by atoms with Crippen LogP contribution in [0.4, 0.5) is 31.1 Å². The second-order valence-corrected chi connectivity index (χ2v) is 8.01. The van der Waals surface area contributed by atoms with Crippen molar-refractivity contribution in [2.24, 2.45) is 0 Å². The van der Waals surface area contributed by atoms with Gasteiger partial charge in [0.25, 0.3) is 5.60 Å². The van der Waals surface area contributed by atoms with Gasteiger partial charge in [-0.05, 0) is 11.1 Å². The molecule has 1 saturated heterocycles. The van der Waals surface area contributed by atoms with Gasteiger partial charge in [-0.3, -0.25) is 0 Å². The van der Waals surface area contributed by atoms with E-state index in [0.717, 1.165) is 17.7 Å². The lowest BCUT2D eigenvalue weighted by molar-refractivity contribution is -0.376. The van der Waals surface area contributed by atoms with Gasteiger partial charge in [0.15, 0.2) is 0 Å². The summed E-state index contributed by atoms with van der Waals surface area (Å²) in [6.07, 6.45) is -12.5. The van der Waals surface area contributed by atoms with Crippen LogP contribution in [-0.2, 0) is 15.8 Å². The number of methoxy groups -OCH3 is 1. The molecular weight excluding hydrogens is 440 g/mol. The number of rotatable bonds is 3. The average molecular weight is 461 g/mol. The van der Waals surface area contributed by atoms with E-state index < -0.39 is 40.9 Å². The predicted octanol–water partition coefficient (Wildman–Crippen LogP) is 5.12. The van der Waals surface area contributed by atoms with E-state index in [-0.39, 0.29) is 13.1 Å². The Morgan fingerprint density at radius 3 is 2.00 bits per heavy atom. The van der Waals surface area contributed by atoms with Crippen LogP contribution in [0.25, 0.3) is 0 Å². The molecule has 0 radical (unpaired) electrons. The molecule has 1 fully saturated rings. The molecule has 0 aromatic heterocycles. The van der Waals surface area contributed by atoms with E-state index >= 15 is 0 Å². The highest BCUT2D eigenvalue weighted by Crippen LogP contribution is 2.51. The molecule has 0 bridgehead atoms. The predicted molar refractivity (Wildman–Crippen MR) is 103 cm³/mol. The zero-order chi connectivity index (χ0) is 23.9. The summed E-state index contributed by atoms with van der Waals surface area (Å²) in [6.45, 7) is 2.26. The second-order valence-electron chi connectivity index (χ2n) is 8.01. The molecule has 32 heavy (non-hydrogen) atoms. The first-order chi connectivity index (χ1) is 14.8. The Kier molecular flexibility index (Phi) is 5.97. The molecule has 3 rings (SSSR count). The number of amides is 1. The van der Waals surface area contributed by atoms with Gasteiger partial charge < -0.3 is 14.7 Å². The molecule has 174 valence electrons. The first-order valence-corrected chi connectivity index (χ1v) is 9.60. The number of hydrogen-bond donors (Lipinski definition) is 1. The van der Waals surface area contributed by atoms with Crippen LogP contribution in [-0.4, -0.2) is 48.7 Å². The lowest BCUT2D eigenvalue weighted by atomic mass is 9.71. The minimum absolute atomic E-state index is 0.153. The standard InChI is InChI=1S/C22H21F6NO3/c1-19(15-6-4-3-5-7-15)13-29(18(30)32-2)12-17(19)14-8-10-16(11-9-14)20(31,21(23,24)25)22(26,27)28/h3-11,17,31H,12-13H2,1-2H3/t17-,19+/m1/s1. The monoisotopic (exact) mass is 461 g/mol. The SMILES string of the molecule is COC(=O)N1C[C@H](c2ccc(C(O)(C(F)(F)F)C(F)(F)F)cc2)[C@](C)(c2ccccc2)C1. The highest BCUT2D eigenvalue weighted by molar-refractivity contribution is 5.68. The van der Waals surface area contributed by atoms with E-state index in [1.165, 1.54) is 12.0 Å². The summed E-state index contributed by atoms with van der Waals surface area (Å²) in [5.74, 6) is -0.442. The van der Waals surface area contributed by atoms with Crippen LogP contribution in [0.2, 0.25) is 0 Å². The Bertz CT molecular complexity index is 944. The quantitative estimate of drug-likeness (QED) is 0.646.